The molecule has 0 atom stereocenters. The Kier molecular flexibility index (Phi) is 5.86. The minimum atomic E-state index is 0.0229. The van der Waals surface area contributed by atoms with Crippen LogP contribution >= 0.6 is 0 Å². The van der Waals surface area contributed by atoms with Gasteiger partial charge in [0, 0.05) is 6.54 Å². The molecular formula is C10H15NO. The van der Waals surface area contributed by atoms with Crippen LogP contribution in [0.2, 0.25) is 0 Å². The van der Waals surface area contributed by atoms with Crippen LogP contribution in [0.5, 0.6) is 0 Å². The highest BCUT2D eigenvalue weighted by Gasteiger charge is 1.97. The Morgan fingerprint density at radius 1 is 1.58 bits per heavy atom. The van der Waals surface area contributed by atoms with E-state index in [0.29, 0.717) is 12.1 Å². The van der Waals surface area contributed by atoms with Crippen LogP contribution in [0.4, 0.5) is 0 Å². The summed E-state index contributed by atoms with van der Waals surface area (Å²) in [4.78, 5) is 0. The summed E-state index contributed by atoms with van der Waals surface area (Å²) in [5.41, 5.74) is 5.77. The third-order valence-electron chi connectivity index (χ3n) is 1.32. The molecule has 2 heteroatoms. The largest absolute Gasteiger partial charge is 0.508 e. The van der Waals surface area contributed by atoms with E-state index in [2.05, 4.69) is 36.9 Å². The fourth-order valence-corrected chi connectivity index (χ4v) is 0.715. The Bertz CT molecular complexity index is 230. The molecule has 0 fully saturated rings. The van der Waals surface area contributed by atoms with Crippen molar-refractivity contribution in [2.75, 3.05) is 13.1 Å². The molecule has 0 saturated carbocycles. The van der Waals surface area contributed by atoms with Gasteiger partial charge in [-0.15, -0.1) is 0 Å². The number of aliphatic hydroxyl groups is 1. The molecule has 0 aromatic heterocycles. The predicted molar refractivity (Wildman–Crippen MR) is 51.1 cm³/mol. The lowest BCUT2D eigenvalue weighted by molar-refractivity contribution is 0.422. The average Bonchev–Trinajstić information content (AvgIpc) is 2.03. The Hall–Kier alpha value is -1.20. The van der Waals surface area contributed by atoms with Gasteiger partial charge >= 0.3 is 0 Å². The van der Waals surface area contributed by atoms with E-state index in [1.807, 2.05) is 0 Å². The van der Waals surface area contributed by atoms with E-state index in [0.717, 1.165) is 13.0 Å². The molecule has 0 unspecified atom stereocenters. The molecule has 0 aromatic rings. The van der Waals surface area contributed by atoms with Crippen LogP contribution in [-0.4, -0.2) is 18.2 Å². The Labute approximate surface area is 73.6 Å². The van der Waals surface area contributed by atoms with Gasteiger partial charge in [0.2, 0.25) is 0 Å². The molecule has 0 aliphatic carbocycles. The third kappa shape index (κ3) is 4.59. The lowest BCUT2D eigenvalue weighted by Gasteiger charge is -2.03. The van der Waals surface area contributed by atoms with Crippen molar-refractivity contribution in [3.63, 3.8) is 0 Å². The normalized spacial score (nSPS) is 8.42. The fourth-order valence-electron chi connectivity index (χ4n) is 0.715. The predicted octanol–water partition coefficient (Wildman–Crippen LogP) is 1.92. The van der Waals surface area contributed by atoms with Crippen molar-refractivity contribution in [2.45, 2.75) is 13.3 Å². The average molecular weight is 165 g/mol. The quantitative estimate of drug-likeness (QED) is 0.282. The van der Waals surface area contributed by atoms with Crippen molar-refractivity contribution in [1.82, 2.24) is 5.32 Å². The van der Waals surface area contributed by atoms with Crippen LogP contribution in [0.15, 0.2) is 36.0 Å². The molecule has 0 bridgehead atoms. The third-order valence-corrected chi connectivity index (χ3v) is 1.32. The van der Waals surface area contributed by atoms with Crippen LogP contribution in [-0.2, 0) is 0 Å². The van der Waals surface area contributed by atoms with E-state index in [1.165, 1.54) is 0 Å². The van der Waals surface area contributed by atoms with Gasteiger partial charge in [-0.1, -0.05) is 25.0 Å². The molecule has 0 saturated heterocycles. The molecular weight excluding hydrogens is 150 g/mol. The second kappa shape index (κ2) is 6.51. The molecule has 2 nitrogen and oxygen atoms in total. The lowest BCUT2D eigenvalue weighted by Crippen LogP contribution is -2.18. The molecule has 0 radical (unpaired) electrons. The van der Waals surface area contributed by atoms with Gasteiger partial charge in [0.25, 0.3) is 0 Å². The number of hydrogen-bond donors (Lipinski definition) is 2. The first kappa shape index (κ1) is 10.8. The summed E-state index contributed by atoms with van der Waals surface area (Å²) in [5.74, 6) is 0.0229. The summed E-state index contributed by atoms with van der Waals surface area (Å²) in [7, 11) is 0. The minimum Gasteiger partial charge on any atom is -0.508 e. The van der Waals surface area contributed by atoms with Crippen molar-refractivity contribution in [1.29, 1.82) is 0 Å². The molecule has 2 N–H and O–H groups in total. The van der Waals surface area contributed by atoms with Gasteiger partial charge in [0.15, 0.2) is 0 Å². The molecule has 0 aliphatic heterocycles. The van der Waals surface area contributed by atoms with Gasteiger partial charge in [-0.05, 0) is 19.5 Å². The summed E-state index contributed by atoms with van der Waals surface area (Å²) in [6, 6.07) is 0. The molecule has 0 amide bonds. The van der Waals surface area contributed by atoms with Gasteiger partial charge in [-0.25, -0.2) is 0 Å². The van der Waals surface area contributed by atoms with Gasteiger partial charge in [-0.2, -0.15) is 0 Å². The van der Waals surface area contributed by atoms with Gasteiger partial charge < -0.3 is 10.4 Å². The van der Waals surface area contributed by atoms with Crippen molar-refractivity contribution >= 4 is 0 Å². The highest BCUT2D eigenvalue weighted by atomic mass is 16.3. The second-order valence-electron chi connectivity index (χ2n) is 2.40. The zero-order chi connectivity index (χ0) is 9.40. The van der Waals surface area contributed by atoms with E-state index in [4.69, 9.17) is 5.11 Å². The van der Waals surface area contributed by atoms with E-state index in [-0.39, 0.29) is 5.76 Å². The molecule has 66 valence electrons. The SMILES string of the molecule is C=C=C=C(CNCCC)C(=C)O. The van der Waals surface area contributed by atoms with Gasteiger partial charge in [0.1, 0.15) is 5.76 Å². The molecule has 0 spiro atoms. The maximum atomic E-state index is 9.04. The van der Waals surface area contributed by atoms with Crippen LogP contribution in [0, 0.1) is 0 Å². The summed E-state index contributed by atoms with van der Waals surface area (Å²) in [6.45, 7) is 10.3. The van der Waals surface area contributed by atoms with Crippen LogP contribution in [0.25, 0.3) is 0 Å². The monoisotopic (exact) mass is 165 g/mol. The Morgan fingerprint density at radius 3 is 2.67 bits per heavy atom. The number of nitrogens with one attached hydrogen (secondary N) is 1. The minimum absolute atomic E-state index is 0.0229. The van der Waals surface area contributed by atoms with E-state index < -0.39 is 0 Å². The van der Waals surface area contributed by atoms with Crippen molar-refractivity contribution in [3.8, 4) is 0 Å². The zero-order valence-electron chi connectivity index (χ0n) is 7.48. The zero-order valence-corrected chi connectivity index (χ0v) is 7.48. The maximum Gasteiger partial charge on any atom is 0.121 e. The highest BCUT2D eigenvalue weighted by Crippen LogP contribution is 1.99. The van der Waals surface area contributed by atoms with E-state index in [9.17, 15) is 0 Å². The number of aliphatic hydroxyl groups excluding tert-OH is 1. The first-order chi connectivity index (χ1) is 5.72. The Balaban J connectivity index is 4.08. The number of rotatable bonds is 5. The van der Waals surface area contributed by atoms with Crippen molar-refractivity contribution in [2.24, 2.45) is 0 Å². The van der Waals surface area contributed by atoms with Gasteiger partial charge in [-0.3, -0.25) is 0 Å². The molecule has 12 heavy (non-hydrogen) atoms. The number of hydrogen-bond acceptors (Lipinski definition) is 2. The highest BCUT2D eigenvalue weighted by molar-refractivity contribution is 5.22. The summed E-state index contributed by atoms with van der Waals surface area (Å²) < 4.78 is 0. The van der Waals surface area contributed by atoms with Crippen molar-refractivity contribution in [3.05, 3.63) is 36.0 Å². The topological polar surface area (TPSA) is 32.3 Å². The van der Waals surface area contributed by atoms with Crippen molar-refractivity contribution < 1.29 is 5.11 Å². The first-order valence-electron chi connectivity index (χ1n) is 3.95. The van der Waals surface area contributed by atoms with E-state index in [1.54, 1.807) is 0 Å². The van der Waals surface area contributed by atoms with Crippen LogP contribution in [0.1, 0.15) is 13.3 Å². The Morgan fingerprint density at radius 2 is 2.25 bits per heavy atom. The smallest absolute Gasteiger partial charge is 0.121 e. The van der Waals surface area contributed by atoms with Crippen LogP contribution in [0.3, 0.4) is 0 Å². The fraction of sp³-hybridized carbons (Fsp3) is 0.400. The molecule has 0 heterocycles. The molecule has 0 aromatic carbocycles. The summed E-state index contributed by atoms with van der Waals surface area (Å²) >= 11 is 0. The van der Waals surface area contributed by atoms with E-state index >= 15 is 0 Å². The summed E-state index contributed by atoms with van der Waals surface area (Å²) in [6.07, 6.45) is 1.06. The standard InChI is InChI=1S/C10H15NO/c1-4-6-10(9(3)12)8-11-7-5-2/h11-12H,1,3,5,7-8H2,2H3. The molecule has 0 rings (SSSR count). The van der Waals surface area contributed by atoms with Crippen LogP contribution < -0.4 is 5.32 Å². The first-order valence-corrected chi connectivity index (χ1v) is 3.95. The molecule has 0 aliphatic rings. The maximum absolute atomic E-state index is 9.04. The second-order valence-corrected chi connectivity index (χ2v) is 2.40. The lowest BCUT2D eigenvalue weighted by atomic mass is 10.2. The summed E-state index contributed by atoms with van der Waals surface area (Å²) in [5, 5.41) is 12.2. The van der Waals surface area contributed by atoms with Gasteiger partial charge in [0.05, 0.1) is 5.57 Å².